The van der Waals surface area contributed by atoms with Crippen LogP contribution in [0.15, 0.2) is 36.5 Å². The SMILES string of the molecule is COc1ccccc1C(=O)Nc1ccnn1C1CCN(CC(C)C)CC1. The van der Waals surface area contributed by atoms with E-state index in [9.17, 15) is 4.79 Å². The minimum absolute atomic E-state index is 0.179. The highest BCUT2D eigenvalue weighted by Crippen LogP contribution is 2.26. The molecule has 0 bridgehead atoms. The summed E-state index contributed by atoms with van der Waals surface area (Å²) in [6.45, 7) is 7.80. The van der Waals surface area contributed by atoms with Gasteiger partial charge in [-0.3, -0.25) is 4.79 Å². The molecule has 140 valence electrons. The number of carbonyl (C=O) groups excluding carboxylic acids is 1. The van der Waals surface area contributed by atoms with Crippen LogP contribution in [0, 0.1) is 5.92 Å². The second-order valence-electron chi connectivity index (χ2n) is 7.24. The van der Waals surface area contributed by atoms with Gasteiger partial charge in [0.25, 0.3) is 5.91 Å². The van der Waals surface area contributed by atoms with E-state index >= 15 is 0 Å². The fourth-order valence-corrected chi connectivity index (χ4v) is 3.58. The molecule has 0 atom stereocenters. The maximum absolute atomic E-state index is 12.7. The Labute approximate surface area is 155 Å². The number of hydrogen-bond acceptors (Lipinski definition) is 4. The highest BCUT2D eigenvalue weighted by atomic mass is 16.5. The van der Waals surface area contributed by atoms with Crippen molar-refractivity contribution in [3.8, 4) is 5.75 Å². The lowest BCUT2D eigenvalue weighted by Crippen LogP contribution is -2.37. The summed E-state index contributed by atoms with van der Waals surface area (Å²) in [6.07, 6.45) is 3.84. The third-order valence-electron chi connectivity index (χ3n) is 4.79. The minimum Gasteiger partial charge on any atom is -0.496 e. The van der Waals surface area contributed by atoms with E-state index in [0.29, 0.717) is 23.3 Å². The lowest BCUT2D eigenvalue weighted by molar-refractivity contribution is 0.102. The second kappa shape index (κ2) is 8.36. The zero-order chi connectivity index (χ0) is 18.5. The largest absolute Gasteiger partial charge is 0.496 e. The molecule has 1 saturated heterocycles. The quantitative estimate of drug-likeness (QED) is 0.861. The smallest absolute Gasteiger partial charge is 0.260 e. The van der Waals surface area contributed by atoms with Gasteiger partial charge >= 0.3 is 0 Å². The Balaban J connectivity index is 1.67. The zero-order valence-corrected chi connectivity index (χ0v) is 15.8. The lowest BCUT2D eigenvalue weighted by atomic mass is 10.0. The summed E-state index contributed by atoms with van der Waals surface area (Å²) in [5, 5.41) is 7.46. The summed E-state index contributed by atoms with van der Waals surface area (Å²) in [6, 6.07) is 9.41. The fourth-order valence-electron chi connectivity index (χ4n) is 3.58. The number of methoxy groups -OCH3 is 1. The van der Waals surface area contributed by atoms with Crippen molar-refractivity contribution in [2.24, 2.45) is 5.92 Å². The summed E-state index contributed by atoms with van der Waals surface area (Å²) < 4.78 is 7.25. The van der Waals surface area contributed by atoms with E-state index in [-0.39, 0.29) is 5.91 Å². The molecule has 2 aromatic rings. The number of benzene rings is 1. The van der Waals surface area contributed by atoms with E-state index in [1.54, 1.807) is 25.4 Å². The molecule has 1 N–H and O–H groups in total. The summed E-state index contributed by atoms with van der Waals surface area (Å²) in [4.78, 5) is 15.2. The highest BCUT2D eigenvalue weighted by Gasteiger charge is 2.24. The minimum atomic E-state index is -0.179. The molecule has 0 aliphatic carbocycles. The van der Waals surface area contributed by atoms with Gasteiger partial charge in [0.15, 0.2) is 0 Å². The molecule has 1 aromatic heterocycles. The van der Waals surface area contributed by atoms with Crippen LogP contribution < -0.4 is 10.1 Å². The number of carbonyl (C=O) groups is 1. The Hall–Kier alpha value is -2.34. The van der Waals surface area contributed by atoms with E-state index < -0.39 is 0 Å². The third kappa shape index (κ3) is 4.25. The standard InChI is InChI=1S/C20H28N4O2/c1-15(2)14-23-12-9-16(10-13-23)24-19(8-11-21-24)22-20(25)17-6-4-5-7-18(17)26-3/h4-8,11,15-16H,9-10,12-14H2,1-3H3,(H,22,25). The van der Waals surface area contributed by atoms with Gasteiger partial charge < -0.3 is 15.0 Å². The Bertz CT molecular complexity index is 733. The molecule has 2 heterocycles. The molecular formula is C20H28N4O2. The number of nitrogens with zero attached hydrogens (tertiary/aromatic N) is 3. The molecule has 0 spiro atoms. The predicted molar refractivity (Wildman–Crippen MR) is 103 cm³/mol. The van der Waals surface area contributed by atoms with Crippen molar-refractivity contribution in [1.82, 2.24) is 14.7 Å². The van der Waals surface area contributed by atoms with E-state index in [1.165, 1.54) is 0 Å². The number of nitrogens with one attached hydrogen (secondary N) is 1. The Morgan fingerprint density at radius 1 is 1.27 bits per heavy atom. The summed E-state index contributed by atoms with van der Waals surface area (Å²) in [5.74, 6) is 1.81. The Morgan fingerprint density at radius 3 is 2.69 bits per heavy atom. The first-order valence-electron chi connectivity index (χ1n) is 9.28. The average Bonchev–Trinajstić information content (AvgIpc) is 3.10. The van der Waals surface area contributed by atoms with Crippen LogP contribution in [0.2, 0.25) is 0 Å². The van der Waals surface area contributed by atoms with Gasteiger partial charge in [0.2, 0.25) is 0 Å². The number of likely N-dealkylation sites (tertiary alicyclic amines) is 1. The Morgan fingerprint density at radius 2 is 2.00 bits per heavy atom. The molecule has 6 heteroatoms. The Kier molecular flexibility index (Phi) is 5.93. The third-order valence-corrected chi connectivity index (χ3v) is 4.79. The van der Waals surface area contributed by atoms with Crippen molar-refractivity contribution in [2.45, 2.75) is 32.7 Å². The molecule has 0 unspecified atom stereocenters. The number of para-hydroxylation sites is 1. The monoisotopic (exact) mass is 356 g/mol. The van der Waals surface area contributed by atoms with Crippen LogP contribution in [0.4, 0.5) is 5.82 Å². The van der Waals surface area contributed by atoms with E-state index in [1.807, 2.05) is 22.9 Å². The second-order valence-corrected chi connectivity index (χ2v) is 7.24. The first-order valence-corrected chi connectivity index (χ1v) is 9.28. The van der Waals surface area contributed by atoms with Gasteiger partial charge in [-0.1, -0.05) is 26.0 Å². The van der Waals surface area contributed by atoms with Crippen molar-refractivity contribution in [1.29, 1.82) is 0 Å². The number of hydrogen-bond donors (Lipinski definition) is 1. The predicted octanol–water partition coefficient (Wildman–Crippen LogP) is 3.44. The van der Waals surface area contributed by atoms with Crippen LogP contribution in [-0.2, 0) is 0 Å². The lowest BCUT2D eigenvalue weighted by Gasteiger charge is -2.33. The molecule has 1 aromatic carbocycles. The molecule has 6 nitrogen and oxygen atoms in total. The van der Waals surface area contributed by atoms with Gasteiger partial charge in [-0.05, 0) is 30.9 Å². The molecule has 0 radical (unpaired) electrons. The van der Waals surface area contributed by atoms with Crippen LogP contribution in [0.1, 0.15) is 43.1 Å². The van der Waals surface area contributed by atoms with Crippen LogP contribution in [-0.4, -0.2) is 47.3 Å². The topological polar surface area (TPSA) is 59.4 Å². The van der Waals surface area contributed by atoms with Gasteiger partial charge in [0, 0.05) is 25.7 Å². The van der Waals surface area contributed by atoms with Crippen molar-refractivity contribution < 1.29 is 9.53 Å². The first-order chi connectivity index (χ1) is 12.6. The molecular weight excluding hydrogens is 328 g/mol. The summed E-state index contributed by atoms with van der Waals surface area (Å²) in [5.41, 5.74) is 0.523. The van der Waals surface area contributed by atoms with Gasteiger partial charge in [-0.25, -0.2) is 4.68 Å². The van der Waals surface area contributed by atoms with Gasteiger partial charge in [-0.2, -0.15) is 5.10 Å². The summed E-state index contributed by atoms with van der Waals surface area (Å²) in [7, 11) is 1.57. The van der Waals surface area contributed by atoms with Gasteiger partial charge in [-0.15, -0.1) is 0 Å². The van der Waals surface area contributed by atoms with E-state index in [0.717, 1.165) is 38.3 Å². The fraction of sp³-hybridized carbons (Fsp3) is 0.500. The molecule has 1 amide bonds. The van der Waals surface area contributed by atoms with Gasteiger partial charge in [0.05, 0.1) is 24.9 Å². The van der Waals surface area contributed by atoms with E-state index in [4.69, 9.17) is 4.74 Å². The van der Waals surface area contributed by atoms with Crippen molar-refractivity contribution in [2.75, 3.05) is 32.1 Å². The summed E-state index contributed by atoms with van der Waals surface area (Å²) >= 11 is 0. The number of ether oxygens (including phenoxy) is 1. The number of amides is 1. The van der Waals surface area contributed by atoms with E-state index in [2.05, 4.69) is 29.2 Å². The van der Waals surface area contributed by atoms with Gasteiger partial charge in [0.1, 0.15) is 11.6 Å². The number of anilines is 1. The van der Waals surface area contributed by atoms with Crippen molar-refractivity contribution in [3.05, 3.63) is 42.1 Å². The van der Waals surface area contributed by atoms with Crippen LogP contribution in [0.5, 0.6) is 5.75 Å². The maximum Gasteiger partial charge on any atom is 0.260 e. The molecule has 3 rings (SSSR count). The maximum atomic E-state index is 12.7. The average molecular weight is 356 g/mol. The van der Waals surface area contributed by atoms with Crippen LogP contribution in [0.25, 0.3) is 0 Å². The molecule has 26 heavy (non-hydrogen) atoms. The van der Waals surface area contributed by atoms with Crippen molar-refractivity contribution >= 4 is 11.7 Å². The number of rotatable bonds is 6. The molecule has 1 aliphatic heterocycles. The van der Waals surface area contributed by atoms with Crippen LogP contribution in [0.3, 0.4) is 0 Å². The highest BCUT2D eigenvalue weighted by molar-refractivity contribution is 6.05. The molecule has 1 fully saturated rings. The molecule has 1 aliphatic rings. The van der Waals surface area contributed by atoms with Crippen molar-refractivity contribution in [3.63, 3.8) is 0 Å². The van der Waals surface area contributed by atoms with Crippen LogP contribution >= 0.6 is 0 Å². The normalized spacial score (nSPS) is 16.0. The molecule has 0 saturated carbocycles. The number of piperidine rings is 1. The first kappa shape index (κ1) is 18.5. The number of aromatic nitrogens is 2. The zero-order valence-electron chi connectivity index (χ0n) is 15.8.